The number of para-hydroxylation sites is 1. The van der Waals surface area contributed by atoms with Crippen LogP contribution < -0.4 is 9.80 Å². The van der Waals surface area contributed by atoms with Crippen LogP contribution in [0.3, 0.4) is 0 Å². The average Bonchev–Trinajstić information content (AvgIpc) is 3.23. The minimum Gasteiger partial charge on any atom is -0.352 e. The maximum absolute atomic E-state index is 13.3. The molecule has 0 unspecified atom stereocenters. The zero-order valence-corrected chi connectivity index (χ0v) is 21.4. The summed E-state index contributed by atoms with van der Waals surface area (Å²) < 4.78 is 0. The summed E-state index contributed by atoms with van der Waals surface area (Å²) in [6.45, 7) is 12.1. The summed E-state index contributed by atoms with van der Waals surface area (Å²) in [5, 5.41) is 1.10. The number of carbonyl (C=O) groups excluding carboxylic acids is 2. The third-order valence-corrected chi connectivity index (χ3v) is 7.10. The Balaban J connectivity index is 1.51. The summed E-state index contributed by atoms with van der Waals surface area (Å²) in [7, 11) is 0. The van der Waals surface area contributed by atoms with Crippen LogP contribution in [0.4, 0.5) is 11.8 Å². The van der Waals surface area contributed by atoms with Crippen molar-refractivity contribution in [2.24, 2.45) is 0 Å². The van der Waals surface area contributed by atoms with Crippen LogP contribution in [-0.4, -0.2) is 75.3 Å². The van der Waals surface area contributed by atoms with E-state index in [1.54, 1.807) is 6.92 Å². The molecule has 4 heterocycles. The van der Waals surface area contributed by atoms with Crippen LogP contribution in [0.5, 0.6) is 0 Å². The maximum Gasteiger partial charge on any atom is 0.273 e. The molecule has 5 rings (SSSR count). The average molecular weight is 488 g/mol. The smallest absolute Gasteiger partial charge is 0.273 e. The molecule has 9 nitrogen and oxygen atoms in total. The Hall–Kier alpha value is -3.75. The molecule has 1 saturated heterocycles. The Morgan fingerprint density at radius 1 is 1.11 bits per heavy atom. The van der Waals surface area contributed by atoms with Crippen LogP contribution in [0, 0.1) is 0 Å². The number of nitrogens with zero attached hydrogens (tertiary/aromatic N) is 7. The number of pyridine rings is 1. The Labute approximate surface area is 211 Å². The second kappa shape index (κ2) is 9.72. The summed E-state index contributed by atoms with van der Waals surface area (Å²) in [4.78, 5) is 47.5. The molecular weight excluding hydrogens is 454 g/mol. The standard InChI is InChI=1S/C27H33N7O2/c1-5-31(16-20-14-21-8-6-7-9-23(21)28-15-20)25-22-17-34(18(2)3)26(36)24(22)29-27(30-25)33-12-10-32(11-13-33)19(4)35/h6-9,14-15,18H,5,10-13,16-17H2,1-4H3. The molecule has 3 aromatic rings. The molecule has 0 atom stereocenters. The summed E-state index contributed by atoms with van der Waals surface area (Å²) in [6, 6.07) is 10.3. The number of anilines is 2. The second-order valence-electron chi connectivity index (χ2n) is 9.74. The summed E-state index contributed by atoms with van der Waals surface area (Å²) in [5.74, 6) is 1.39. The fourth-order valence-corrected chi connectivity index (χ4v) is 4.96. The van der Waals surface area contributed by atoms with Gasteiger partial charge >= 0.3 is 0 Å². The van der Waals surface area contributed by atoms with Crippen molar-refractivity contribution in [3.05, 3.63) is 53.3 Å². The van der Waals surface area contributed by atoms with Crippen molar-refractivity contribution in [3.63, 3.8) is 0 Å². The fourth-order valence-electron chi connectivity index (χ4n) is 4.96. The van der Waals surface area contributed by atoms with Crippen LogP contribution in [0.15, 0.2) is 36.5 Å². The largest absolute Gasteiger partial charge is 0.352 e. The molecule has 0 spiro atoms. The molecule has 1 aromatic carbocycles. The number of benzene rings is 1. The Kier molecular flexibility index (Phi) is 6.47. The van der Waals surface area contributed by atoms with Gasteiger partial charge in [0, 0.05) is 69.4 Å². The summed E-state index contributed by atoms with van der Waals surface area (Å²) in [6.07, 6.45) is 1.92. The molecule has 2 aromatic heterocycles. The molecule has 0 aliphatic carbocycles. The Morgan fingerprint density at radius 3 is 2.56 bits per heavy atom. The Morgan fingerprint density at radius 2 is 1.86 bits per heavy atom. The molecule has 2 aliphatic heterocycles. The van der Waals surface area contributed by atoms with Gasteiger partial charge in [-0.05, 0) is 38.5 Å². The first-order valence-electron chi connectivity index (χ1n) is 12.7. The highest BCUT2D eigenvalue weighted by molar-refractivity contribution is 5.98. The van der Waals surface area contributed by atoms with E-state index in [1.807, 2.05) is 48.0 Å². The summed E-state index contributed by atoms with van der Waals surface area (Å²) >= 11 is 0. The number of hydrogen-bond acceptors (Lipinski definition) is 7. The van der Waals surface area contributed by atoms with Crippen LogP contribution >= 0.6 is 0 Å². The highest BCUT2D eigenvalue weighted by Gasteiger charge is 2.36. The third-order valence-electron chi connectivity index (χ3n) is 7.10. The van der Waals surface area contributed by atoms with E-state index in [4.69, 9.17) is 9.97 Å². The molecular formula is C27H33N7O2. The molecule has 0 radical (unpaired) electrons. The van der Waals surface area contributed by atoms with E-state index in [9.17, 15) is 9.59 Å². The van der Waals surface area contributed by atoms with Gasteiger partial charge in [-0.15, -0.1) is 0 Å². The van der Waals surface area contributed by atoms with Crippen LogP contribution in [-0.2, 0) is 17.9 Å². The third kappa shape index (κ3) is 4.45. The minimum absolute atomic E-state index is 0.0457. The van der Waals surface area contributed by atoms with Gasteiger partial charge in [-0.2, -0.15) is 4.98 Å². The van der Waals surface area contributed by atoms with Gasteiger partial charge in [-0.3, -0.25) is 14.6 Å². The lowest BCUT2D eigenvalue weighted by Gasteiger charge is -2.35. The number of hydrogen-bond donors (Lipinski definition) is 0. The monoisotopic (exact) mass is 487 g/mol. The van der Waals surface area contributed by atoms with Gasteiger partial charge in [0.2, 0.25) is 11.9 Å². The zero-order valence-electron chi connectivity index (χ0n) is 21.4. The normalized spacial score (nSPS) is 15.7. The molecule has 2 amide bonds. The first-order chi connectivity index (χ1) is 17.4. The predicted molar refractivity (Wildman–Crippen MR) is 140 cm³/mol. The minimum atomic E-state index is -0.0457. The number of amides is 2. The van der Waals surface area contributed by atoms with E-state index >= 15 is 0 Å². The molecule has 0 N–H and O–H groups in total. The van der Waals surface area contributed by atoms with Crippen molar-refractivity contribution in [1.82, 2.24) is 24.8 Å². The maximum atomic E-state index is 13.3. The fraction of sp³-hybridized carbons (Fsp3) is 0.444. The van der Waals surface area contributed by atoms with Crippen LogP contribution in [0.1, 0.15) is 49.3 Å². The predicted octanol–water partition coefficient (Wildman–Crippen LogP) is 3.08. The van der Waals surface area contributed by atoms with E-state index in [1.165, 1.54) is 0 Å². The van der Waals surface area contributed by atoms with E-state index < -0.39 is 0 Å². The van der Waals surface area contributed by atoms with Crippen molar-refractivity contribution >= 4 is 34.5 Å². The molecule has 36 heavy (non-hydrogen) atoms. The number of piperazine rings is 1. The van der Waals surface area contributed by atoms with E-state index in [0.29, 0.717) is 50.9 Å². The van der Waals surface area contributed by atoms with Crippen LogP contribution in [0.2, 0.25) is 0 Å². The highest BCUT2D eigenvalue weighted by atomic mass is 16.2. The SMILES string of the molecule is CCN(Cc1cnc2ccccc2c1)c1nc(N2CCN(C(C)=O)CC2)nc2c1CN(C(C)C)C2=O. The molecule has 2 aliphatic rings. The number of aromatic nitrogens is 3. The van der Waals surface area contributed by atoms with Gasteiger partial charge in [0.05, 0.1) is 12.1 Å². The second-order valence-corrected chi connectivity index (χ2v) is 9.74. The molecule has 9 heteroatoms. The van der Waals surface area contributed by atoms with Crippen molar-refractivity contribution in [2.45, 2.75) is 46.8 Å². The topological polar surface area (TPSA) is 85.8 Å². The van der Waals surface area contributed by atoms with E-state index in [-0.39, 0.29) is 17.9 Å². The summed E-state index contributed by atoms with van der Waals surface area (Å²) in [5.41, 5.74) is 3.44. The van der Waals surface area contributed by atoms with Crippen molar-refractivity contribution in [1.29, 1.82) is 0 Å². The van der Waals surface area contributed by atoms with E-state index in [0.717, 1.165) is 34.4 Å². The van der Waals surface area contributed by atoms with Gasteiger partial charge in [0.15, 0.2) is 0 Å². The van der Waals surface area contributed by atoms with Crippen molar-refractivity contribution in [2.75, 3.05) is 42.5 Å². The quantitative estimate of drug-likeness (QED) is 0.528. The van der Waals surface area contributed by atoms with Crippen molar-refractivity contribution in [3.8, 4) is 0 Å². The number of fused-ring (bicyclic) bond motifs is 2. The lowest BCUT2D eigenvalue weighted by molar-refractivity contribution is -0.129. The van der Waals surface area contributed by atoms with E-state index in [2.05, 4.69) is 33.8 Å². The molecule has 0 bridgehead atoms. The van der Waals surface area contributed by atoms with Gasteiger partial charge in [-0.1, -0.05) is 18.2 Å². The first kappa shape index (κ1) is 24.0. The number of carbonyl (C=O) groups is 2. The van der Waals surface area contributed by atoms with Gasteiger partial charge in [-0.25, -0.2) is 4.98 Å². The van der Waals surface area contributed by atoms with Crippen molar-refractivity contribution < 1.29 is 9.59 Å². The number of rotatable bonds is 6. The van der Waals surface area contributed by atoms with Gasteiger partial charge < -0.3 is 19.6 Å². The lowest BCUT2D eigenvalue weighted by atomic mass is 10.1. The lowest BCUT2D eigenvalue weighted by Crippen LogP contribution is -2.48. The van der Waals surface area contributed by atoms with Gasteiger partial charge in [0.1, 0.15) is 11.5 Å². The zero-order chi connectivity index (χ0) is 25.4. The van der Waals surface area contributed by atoms with Crippen LogP contribution in [0.25, 0.3) is 10.9 Å². The first-order valence-corrected chi connectivity index (χ1v) is 12.7. The molecule has 188 valence electrons. The molecule has 0 saturated carbocycles. The Bertz CT molecular complexity index is 1300. The van der Waals surface area contributed by atoms with Gasteiger partial charge in [0.25, 0.3) is 5.91 Å². The highest BCUT2D eigenvalue weighted by Crippen LogP contribution is 2.33. The molecule has 1 fully saturated rings.